The largest absolute Gasteiger partial charge is 0.493 e. The molecule has 0 bridgehead atoms. The number of hydrogen-bond donors (Lipinski definition) is 1. The van der Waals surface area contributed by atoms with Crippen LogP contribution in [0.1, 0.15) is 46.1 Å². The molecule has 0 aromatic heterocycles. The van der Waals surface area contributed by atoms with Crippen molar-refractivity contribution in [1.82, 2.24) is 0 Å². The minimum absolute atomic E-state index is 0.0611. The number of para-hydroxylation sites is 1. The minimum atomic E-state index is -0.757. The zero-order valence-corrected chi connectivity index (χ0v) is 12.4. The third-order valence-electron chi connectivity index (χ3n) is 3.05. The van der Waals surface area contributed by atoms with E-state index in [1.54, 1.807) is 6.92 Å². The molecule has 0 heterocycles. The van der Waals surface area contributed by atoms with Gasteiger partial charge in [-0.3, -0.25) is 0 Å². The lowest BCUT2D eigenvalue weighted by Gasteiger charge is -2.23. The molecule has 3 nitrogen and oxygen atoms in total. The lowest BCUT2D eigenvalue weighted by atomic mass is 9.86. The van der Waals surface area contributed by atoms with Gasteiger partial charge in [0.15, 0.2) is 0 Å². The molecule has 1 aromatic rings. The molecule has 1 unspecified atom stereocenters. The summed E-state index contributed by atoms with van der Waals surface area (Å²) in [5, 5.41) is 8.85. The quantitative estimate of drug-likeness (QED) is 0.826. The SMILES string of the molecule is CC(N)(C#N)CCCOc1ccccc1C(C)(C)C. The predicted octanol–water partition coefficient (Wildman–Crippen LogP) is 3.38. The van der Waals surface area contributed by atoms with E-state index in [0.717, 1.165) is 12.2 Å². The monoisotopic (exact) mass is 260 g/mol. The highest BCUT2D eigenvalue weighted by Crippen LogP contribution is 2.31. The number of ether oxygens (including phenoxy) is 1. The van der Waals surface area contributed by atoms with Gasteiger partial charge in [-0.05, 0) is 36.8 Å². The molecule has 0 aliphatic rings. The zero-order valence-electron chi connectivity index (χ0n) is 12.4. The van der Waals surface area contributed by atoms with Crippen LogP contribution >= 0.6 is 0 Å². The first-order valence-electron chi connectivity index (χ1n) is 6.69. The molecule has 104 valence electrons. The number of nitriles is 1. The summed E-state index contributed by atoms with van der Waals surface area (Å²) in [5.74, 6) is 0.922. The van der Waals surface area contributed by atoms with Crippen molar-refractivity contribution >= 4 is 0 Å². The van der Waals surface area contributed by atoms with Crippen molar-refractivity contribution in [3.8, 4) is 11.8 Å². The van der Waals surface area contributed by atoms with Gasteiger partial charge in [0.1, 0.15) is 11.3 Å². The van der Waals surface area contributed by atoms with Gasteiger partial charge in [0, 0.05) is 0 Å². The molecule has 2 N–H and O–H groups in total. The zero-order chi connectivity index (χ0) is 14.5. The Morgan fingerprint density at radius 1 is 1.21 bits per heavy atom. The second-order valence-electron chi connectivity index (χ2n) is 6.23. The fourth-order valence-corrected chi connectivity index (χ4v) is 1.89. The van der Waals surface area contributed by atoms with E-state index in [1.165, 1.54) is 5.56 Å². The molecule has 1 rings (SSSR count). The van der Waals surface area contributed by atoms with E-state index in [4.69, 9.17) is 15.7 Å². The van der Waals surface area contributed by atoms with Crippen molar-refractivity contribution in [2.45, 2.75) is 51.5 Å². The van der Waals surface area contributed by atoms with Crippen LogP contribution in [-0.2, 0) is 5.41 Å². The summed E-state index contributed by atoms with van der Waals surface area (Å²) in [5.41, 5.74) is 6.28. The number of nitrogens with zero attached hydrogens (tertiary/aromatic N) is 1. The maximum atomic E-state index is 8.85. The van der Waals surface area contributed by atoms with Crippen molar-refractivity contribution in [2.24, 2.45) is 5.73 Å². The summed E-state index contributed by atoms with van der Waals surface area (Å²) in [6.07, 6.45) is 1.42. The maximum Gasteiger partial charge on any atom is 0.123 e. The van der Waals surface area contributed by atoms with Crippen molar-refractivity contribution < 1.29 is 4.74 Å². The molecule has 0 saturated carbocycles. The molecule has 0 spiro atoms. The van der Waals surface area contributed by atoms with Gasteiger partial charge in [-0.25, -0.2) is 0 Å². The molecule has 0 aliphatic carbocycles. The highest BCUT2D eigenvalue weighted by atomic mass is 16.5. The van der Waals surface area contributed by atoms with Crippen molar-refractivity contribution in [2.75, 3.05) is 6.61 Å². The van der Waals surface area contributed by atoms with E-state index >= 15 is 0 Å². The summed E-state index contributed by atoms with van der Waals surface area (Å²) in [6, 6.07) is 10.2. The first-order valence-corrected chi connectivity index (χ1v) is 6.69. The highest BCUT2D eigenvalue weighted by molar-refractivity contribution is 5.38. The summed E-state index contributed by atoms with van der Waals surface area (Å²) >= 11 is 0. The van der Waals surface area contributed by atoms with Gasteiger partial charge in [0.05, 0.1) is 12.7 Å². The summed E-state index contributed by atoms with van der Waals surface area (Å²) < 4.78 is 5.84. The second-order valence-corrected chi connectivity index (χ2v) is 6.23. The predicted molar refractivity (Wildman–Crippen MR) is 78.1 cm³/mol. The molecule has 3 heteroatoms. The van der Waals surface area contributed by atoms with E-state index in [1.807, 2.05) is 18.2 Å². The van der Waals surface area contributed by atoms with Gasteiger partial charge in [-0.2, -0.15) is 5.26 Å². The van der Waals surface area contributed by atoms with Gasteiger partial charge in [-0.15, -0.1) is 0 Å². The molecule has 0 fully saturated rings. The van der Waals surface area contributed by atoms with Gasteiger partial charge in [-0.1, -0.05) is 39.0 Å². The van der Waals surface area contributed by atoms with E-state index in [0.29, 0.717) is 13.0 Å². The van der Waals surface area contributed by atoms with Crippen LogP contribution in [0.5, 0.6) is 5.75 Å². The van der Waals surface area contributed by atoms with Crippen LogP contribution in [0.2, 0.25) is 0 Å². The Morgan fingerprint density at radius 3 is 2.42 bits per heavy atom. The minimum Gasteiger partial charge on any atom is -0.493 e. The average molecular weight is 260 g/mol. The van der Waals surface area contributed by atoms with E-state index in [9.17, 15) is 0 Å². The van der Waals surface area contributed by atoms with Crippen LogP contribution in [0, 0.1) is 11.3 Å². The number of rotatable bonds is 5. The van der Waals surface area contributed by atoms with Gasteiger partial charge < -0.3 is 10.5 Å². The van der Waals surface area contributed by atoms with E-state index < -0.39 is 5.54 Å². The second kappa shape index (κ2) is 6.08. The van der Waals surface area contributed by atoms with Crippen LogP contribution in [-0.4, -0.2) is 12.1 Å². The topological polar surface area (TPSA) is 59.0 Å². The molecule has 0 aliphatic heterocycles. The van der Waals surface area contributed by atoms with Crippen LogP contribution in [0.25, 0.3) is 0 Å². The first-order chi connectivity index (χ1) is 8.76. The fourth-order valence-electron chi connectivity index (χ4n) is 1.89. The number of hydrogen-bond acceptors (Lipinski definition) is 3. The molecule has 0 amide bonds. The Kier molecular flexibility index (Phi) is 4.97. The van der Waals surface area contributed by atoms with Crippen molar-refractivity contribution in [1.29, 1.82) is 5.26 Å². The molecule has 0 radical (unpaired) electrons. The van der Waals surface area contributed by atoms with Crippen LogP contribution in [0.15, 0.2) is 24.3 Å². The van der Waals surface area contributed by atoms with Crippen molar-refractivity contribution in [3.05, 3.63) is 29.8 Å². The third kappa shape index (κ3) is 4.92. The summed E-state index contributed by atoms with van der Waals surface area (Å²) in [7, 11) is 0. The van der Waals surface area contributed by atoms with Crippen LogP contribution in [0.4, 0.5) is 0 Å². The van der Waals surface area contributed by atoms with Crippen LogP contribution < -0.4 is 10.5 Å². The maximum absolute atomic E-state index is 8.85. The third-order valence-corrected chi connectivity index (χ3v) is 3.05. The fraction of sp³-hybridized carbons (Fsp3) is 0.562. The number of benzene rings is 1. The summed E-state index contributed by atoms with van der Waals surface area (Å²) in [4.78, 5) is 0. The van der Waals surface area contributed by atoms with Gasteiger partial charge >= 0.3 is 0 Å². The summed E-state index contributed by atoms with van der Waals surface area (Å²) in [6.45, 7) is 8.84. The van der Waals surface area contributed by atoms with E-state index in [2.05, 4.69) is 32.9 Å². The molecule has 0 saturated heterocycles. The Labute approximate surface area is 116 Å². The lowest BCUT2D eigenvalue weighted by molar-refractivity contribution is 0.289. The Bertz CT molecular complexity index is 453. The van der Waals surface area contributed by atoms with E-state index in [-0.39, 0.29) is 5.41 Å². The van der Waals surface area contributed by atoms with Crippen molar-refractivity contribution in [3.63, 3.8) is 0 Å². The first kappa shape index (κ1) is 15.5. The van der Waals surface area contributed by atoms with Gasteiger partial charge in [0.25, 0.3) is 0 Å². The molecule has 19 heavy (non-hydrogen) atoms. The lowest BCUT2D eigenvalue weighted by Crippen LogP contribution is -2.34. The molecular formula is C16H24N2O. The normalized spacial score (nSPS) is 14.5. The standard InChI is InChI=1S/C16H24N2O/c1-15(2,3)13-8-5-6-9-14(13)19-11-7-10-16(4,18)12-17/h5-6,8-9H,7,10-11,18H2,1-4H3. The molecular weight excluding hydrogens is 236 g/mol. The Morgan fingerprint density at radius 2 is 1.84 bits per heavy atom. The van der Waals surface area contributed by atoms with Crippen LogP contribution in [0.3, 0.4) is 0 Å². The Balaban J connectivity index is 2.58. The Hall–Kier alpha value is -1.53. The highest BCUT2D eigenvalue weighted by Gasteiger charge is 2.19. The molecule has 1 aromatic carbocycles. The number of nitrogens with two attached hydrogens (primary N) is 1. The van der Waals surface area contributed by atoms with Gasteiger partial charge in [0.2, 0.25) is 0 Å². The smallest absolute Gasteiger partial charge is 0.123 e. The molecule has 1 atom stereocenters. The average Bonchev–Trinajstić information content (AvgIpc) is 2.34.